The van der Waals surface area contributed by atoms with E-state index in [1.165, 1.54) is 0 Å². The minimum absolute atomic E-state index is 0.0295. The van der Waals surface area contributed by atoms with E-state index in [9.17, 15) is 19.2 Å². The Labute approximate surface area is 173 Å². The summed E-state index contributed by atoms with van der Waals surface area (Å²) in [5, 5.41) is 0. The predicted octanol–water partition coefficient (Wildman–Crippen LogP) is 0.896. The number of hydrogen-bond donors (Lipinski definition) is 0. The van der Waals surface area contributed by atoms with Gasteiger partial charge in [0.15, 0.2) is 18.3 Å². The first-order valence-electron chi connectivity index (χ1n) is 9.13. The lowest BCUT2D eigenvalue weighted by Gasteiger charge is -2.43. The summed E-state index contributed by atoms with van der Waals surface area (Å²) < 4.78 is 31.8. The first-order chi connectivity index (χ1) is 14.2. The van der Waals surface area contributed by atoms with Gasteiger partial charge in [0.2, 0.25) is 6.29 Å². The summed E-state index contributed by atoms with van der Waals surface area (Å²) in [5.41, 5.74) is 0.769. The molecular weight excluding hydrogens is 400 g/mol. The zero-order valence-corrected chi connectivity index (χ0v) is 17.1. The highest BCUT2D eigenvalue weighted by molar-refractivity contribution is 5.77. The van der Waals surface area contributed by atoms with Crippen molar-refractivity contribution in [3.8, 4) is 0 Å². The number of benzene rings is 1. The van der Waals surface area contributed by atoms with Crippen molar-refractivity contribution in [1.82, 2.24) is 0 Å². The van der Waals surface area contributed by atoms with Gasteiger partial charge in [-0.1, -0.05) is 30.3 Å². The van der Waals surface area contributed by atoms with Crippen molar-refractivity contribution < 1.29 is 47.6 Å². The third-order valence-corrected chi connectivity index (χ3v) is 4.10. The van der Waals surface area contributed by atoms with E-state index in [4.69, 9.17) is 28.4 Å². The molecule has 30 heavy (non-hydrogen) atoms. The summed E-state index contributed by atoms with van der Waals surface area (Å²) in [6.07, 6.45) is -6.78. The first-order valence-corrected chi connectivity index (χ1v) is 9.13. The molecule has 0 spiro atoms. The smallest absolute Gasteiger partial charge is 0.339 e. The Morgan fingerprint density at radius 3 is 1.93 bits per heavy atom. The van der Waals surface area contributed by atoms with E-state index in [2.05, 4.69) is 0 Å². The van der Waals surface area contributed by atoms with Gasteiger partial charge in [-0.2, -0.15) is 0 Å². The number of carbonyl (C=O) groups excluding carboxylic acids is 4. The van der Waals surface area contributed by atoms with E-state index in [1.54, 1.807) is 24.3 Å². The topological polar surface area (TPSA) is 124 Å². The maximum Gasteiger partial charge on any atom is 0.339 e. The summed E-state index contributed by atoms with van der Waals surface area (Å²) in [4.78, 5) is 47.2. The third kappa shape index (κ3) is 6.26. The van der Waals surface area contributed by atoms with Crippen molar-refractivity contribution in [2.45, 2.75) is 58.1 Å². The van der Waals surface area contributed by atoms with Gasteiger partial charge in [-0.05, 0) is 5.56 Å². The number of ether oxygens (including phenoxy) is 6. The highest BCUT2D eigenvalue weighted by Gasteiger charge is 2.54. The molecule has 0 saturated carbocycles. The quantitative estimate of drug-likeness (QED) is 0.460. The summed E-state index contributed by atoms with van der Waals surface area (Å²) in [7, 11) is 1.12. The van der Waals surface area contributed by atoms with Crippen LogP contribution in [0.1, 0.15) is 26.3 Å². The summed E-state index contributed by atoms with van der Waals surface area (Å²) in [5.74, 6) is -3.06. The van der Waals surface area contributed by atoms with E-state index in [0.29, 0.717) is 0 Å². The van der Waals surface area contributed by atoms with Crippen molar-refractivity contribution >= 4 is 23.9 Å². The van der Waals surface area contributed by atoms with Gasteiger partial charge in [0.25, 0.3) is 0 Å². The zero-order valence-electron chi connectivity index (χ0n) is 17.1. The highest BCUT2D eigenvalue weighted by atomic mass is 16.7. The van der Waals surface area contributed by atoms with Crippen molar-refractivity contribution in [2.75, 3.05) is 7.11 Å². The molecule has 0 bridgehead atoms. The maximum absolute atomic E-state index is 12.3. The average Bonchev–Trinajstić information content (AvgIpc) is 2.68. The molecule has 5 atom stereocenters. The molecule has 10 nitrogen and oxygen atoms in total. The molecule has 1 saturated heterocycles. The second-order valence-corrected chi connectivity index (χ2v) is 6.47. The number of rotatable bonds is 7. The van der Waals surface area contributed by atoms with Crippen LogP contribution in [-0.4, -0.2) is 61.7 Å². The van der Waals surface area contributed by atoms with Gasteiger partial charge in [0.05, 0.1) is 13.7 Å². The van der Waals surface area contributed by atoms with Crippen molar-refractivity contribution in [1.29, 1.82) is 0 Å². The fourth-order valence-corrected chi connectivity index (χ4v) is 2.97. The molecule has 0 amide bonds. The van der Waals surface area contributed by atoms with Gasteiger partial charge >= 0.3 is 23.9 Å². The van der Waals surface area contributed by atoms with Gasteiger partial charge < -0.3 is 28.4 Å². The van der Waals surface area contributed by atoms with Gasteiger partial charge in [-0.25, -0.2) is 4.79 Å². The molecule has 2 unspecified atom stereocenters. The van der Waals surface area contributed by atoms with E-state index in [0.717, 1.165) is 33.4 Å². The Morgan fingerprint density at radius 2 is 1.40 bits per heavy atom. The van der Waals surface area contributed by atoms with E-state index >= 15 is 0 Å². The highest BCUT2D eigenvalue weighted by Crippen LogP contribution is 2.30. The van der Waals surface area contributed by atoms with E-state index in [1.807, 2.05) is 6.07 Å². The number of methoxy groups -OCH3 is 1. The third-order valence-electron chi connectivity index (χ3n) is 4.10. The molecule has 0 aliphatic carbocycles. The van der Waals surface area contributed by atoms with Crippen molar-refractivity contribution in [3.05, 3.63) is 35.9 Å². The molecule has 164 valence electrons. The Hall–Kier alpha value is -2.98. The number of hydrogen-bond acceptors (Lipinski definition) is 10. The molecule has 10 heteroatoms. The average molecular weight is 424 g/mol. The molecule has 1 aromatic carbocycles. The molecule has 1 aliphatic rings. The molecule has 0 N–H and O–H groups in total. The number of carbonyl (C=O) groups is 4. The zero-order chi connectivity index (χ0) is 22.3. The lowest BCUT2D eigenvalue weighted by molar-refractivity contribution is -0.299. The fraction of sp³-hybridized carbons (Fsp3) is 0.500. The molecule has 1 aromatic rings. The van der Waals surface area contributed by atoms with Crippen LogP contribution >= 0.6 is 0 Å². The Kier molecular flexibility index (Phi) is 8.31. The van der Waals surface area contributed by atoms with Crippen LogP contribution < -0.4 is 0 Å². The molecule has 0 radical (unpaired) electrons. The fourth-order valence-electron chi connectivity index (χ4n) is 2.97. The molecule has 1 aliphatic heterocycles. The van der Waals surface area contributed by atoms with Crippen LogP contribution in [0.15, 0.2) is 30.3 Å². The van der Waals surface area contributed by atoms with Crippen LogP contribution in [0.25, 0.3) is 0 Å². The minimum atomic E-state index is -1.48. The predicted molar refractivity (Wildman–Crippen MR) is 98.6 cm³/mol. The first kappa shape index (κ1) is 23.3. The maximum atomic E-state index is 12.3. The Bertz CT molecular complexity index is 762. The van der Waals surface area contributed by atoms with Crippen LogP contribution in [-0.2, 0) is 54.2 Å². The number of esters is 4. The van der Waals surface area contributed by atoms with Crippen LogP contribution in [0.3, 0.4) is 0 Å². The van der Waals surface area contributed by atoms with Gasteiger partial charge in [0.1, 0.15) is 6.10 Å². The molecule has 0 aromatic heterocycles. The monoisotopic (exact) mass is 424 g/mol. The summed E-state index contributed by atoms with van der Waals surface area (Å²) >= 11 is 0. The van der Waals surface area contributed by atoms with Gasteiger partial charge in [-0.15, -0.1) is 0 Å². The normalized spacial score (nSPS) is 25.7. The van der Waals surface area contributed by atoms with Crippen LogP contribution in [0, 0.1) is 0 Å². The van der Waals surface area contributed by atoms with Crippen LogP contribution in [0.5, 0.6) is 0 Å². The van der Waals surface area contributed by atoms with Gasteiger partial charge in [0, 0.05) is 20.8 Å². The largest absolute Gasteiger partial charge is 0.467 e. The minimum Gasteiger partial charge on any atom is -0.467 e. The van der Waals surface area contributed by atoms with E-state index < -0.39 is 54.6 Å². The Morgan fingerprint density at radius 1 is 0.833 bits per heavy atom. The van der Waals surface area contributed by atoms with Crippen molar-refractivity contribution in [3.63, 3.8) is 0 Å². The van der Waals surface area contributed by atoms with Crippen molar-refractivity contribution in [2.24, 2.45) is 0 Å². The molecule has 1 heterocycles. The van der Waals surface area contributed by atoms with E-state index in [-0.39, 0.29) is 6.61 Å². The molecular formula is C20H24O10. The Balaban J connectivity index is 2.42. The summed E-state index contributed by atoms with van der Waals surface area (Å²) in [6, 6.07) is 9.01. The molecule has 2 rings (SSSR count). The lowest BCUT2D eigenvalue weighted by atomic mass is 9.97. The van der Waals surface area contributed by atoms with Crippen LogP contribution in [0.2, 0.25) is 0 Å². The standard InChI is InChI=1S/C20H24O10/c1-11(21)27-16-15(26-10-14-8-6-5-7-9-14)18(28-12(2)22)20(29-13(3)23)30-17(16)19(24)25-4/h5-9,15-18,20H,10H2,1-4H3/t15-,16+,17?,18?,20-/m1/s1. The second kappa shape index (κ2) is 10.7. The second-order valence-electron chi connectivity index (χ2n) is 6.47. The summed E-state index contributed by atoms with van der Waals surface area (Å²) in [6.45, 7) is 3.44. The van der Waals surface area contributed by atoms with Gasteiger partial charge in [-0.3, -0.25) is 14.4 Å². The molecule has 1 fully saturated rings. The lowest BCUT2D eigenvalue weighted by Crippen LogP contribution is -2.63. The SMILES string of the molecule is COC(=O)C1O[C@@H](OC(C)=O)C(OC(C)=O)[C@H](OCc2ccccc2)[C@@H]1OC(C)=O. The van der Waals surface area contributed by atoms with Crippen LogP contribution in [0.4, 0.5) is 0 Å².